The van der Waals surface area contributed by atoms with E-state index in [2.05, 4.69) is 0 Å². The van der Waals surface area contributed by atoms with Gasteiger partial charge in [-0.2, -0.15) is 10.5 Å². The number of nitrogens with zero attached hydrogens (tertiary/aromatic N) is 3. The molecule has 0 unspecified atom stereocenters. The third kappa shape index (κ3) is 6.66. The van der Waals surface area contributed by atoms with Gasteiger partial charge in [-0.25, -0.2) is 9.59 Å². The van der Waals surface area contributed by atoms with Crippen LogP contribution in [0.2, 0.25) is 0 Å². The molecular formula is C33H23N3O5. The van der Waals surface area contributed by atoms with Crippen molar-refractivity contribution >= 4 is 41.2 Å². The van der Waals surface area contributed by atoms with Crippen molar-refractivity contribution in [3.63, 3.8) is 0 Å². The van der Waals surface area contributed by atoms with Crippen molar-refractivity contribution in [3.8, 4) is 29.0 Å². The lowest BCUT2D eigenvalue weighted by Gasteiger charge is -2.26. The highest BCUT2D eigenvalue weighted by Gasteiger charge is 2.14. The van der Waals surface area contributed by atoms with Crippen molar-refractivity contribution in [2.45, 2.75) is 0 Å². The van der Waals surface area contributed by atoms with Crippen LogP contribution >= 0.6 is 0 Å². The molecule has 41 heavy (non-hydrogen) atoms. The number of nitriles is 2. The molecule has 0 aliphatic heterocycles. The molecule has 0 saturated carbocycles. The first kappa shape index (κ1) is 27.9. The molecule has 4 aromatic rings. The normalized spacial score (nSPS) is 11.2. The molecule has 200 valence electrons. The van der Waals surface area contributed by atoms with Crippen molar-refractivity contribution in [1.29, 1.82) is 10.5 Å². The summed E-state index contributed by atoms with van der Waals surface area (Å²) in [7, 11) is 1.62. The van der Waals surface area contributed by atoms with Crippen LogP contribution in [-0.2, 0) is 9.59 Å². The number of methoxy groups -OCH3 is 1. The number of carboxylic acids is 2. The van der Waals surface area contributed by atoms with E-state index in [0.29, 0.717) is 11.1 Å². The second-order valence-corrected chi connectivity index (χ2v) is 8.75. The average Bonchev–Trinajstić information content (AvgIpc) is 3.00. The molecule has 0 fully saturated rings. The zero-order chi connectivity index (χ0) is 29.4. The van der Waals surface area contributed by atoms with Gasteiger partial charge >= 0.3 is 11.9 Å². The molecule has 4 rings (SSSR count). The number of hydrogen-bond donors (Lipinski definition) is 2. The van der Waals surface area contributed by atoms with E-state index in [1.54, 1.807) is 43.5 Å². The number of aliphatic carboxylic acids is 2. The van der Waals surface area contributed by atoms with Crippen LogP contribution in [0.4, 0.5) is 17.1 Å². The molecule has 8 heteroatoms. The number of ether oxygens (including phenoxy) is 1. The first-order valence-electron chi connectivity index (χ1n) is 12.3. The van der Waals surface area contributed by atoms with Crippen LogP contribution in [0.1, 0.15) is 11.1 Å². The molecule has 0 atom stereocenters. The third-order valence-electron chi connectivity index (χ3n) is 6.15. The van der Waals surface area contributed by atoms with E-state index >= 15 is 0 Å². The monoisotopic (exact) mass is 541 g/mol. The van der Waals surface area contributed by atoms with E-state index in [4.69, 9.17) is 15.3 Å². The van der Waals surface area contributed by atoms with Crippen LogP contribution in [0, 0.1) is 22.7 Å². The maximum Gasteiger partial charge on any atom is 0.346 e. The number of carboxylic acid groups (broad SMARTS) is 2. The standard InChI is InChI=1S/C33H23N3O5/c1-41-31-4-2-3-25(19-31)24-9-15-30(16-10-24)36(28-11-5-22(6-12-28)17-26(20-34)32(37)38)29-13-7-23(8-14-29)18-27(21-35)33(39)40/h2-19H,1H3,(H,37,38)(H,39,40)/b26-17-,27-18-. The summed E-state index contributed by atoms with van der Waals surface area (Å²) in [5.74, 6) is -1.85. The predicted molar refractivity (Wildman–Crippen MR) is 156 cm³/mol. The van der Waals surface area contributed by atoms with Crippen LogP contribution in [0.25, 0.3) is 23.3 Å². The van der Waals surface area contributed by atoms with Gasteiger partial charge in [-0.05, 0) is 82.9 Å². The fourth-order valence-corrected chi connectivity index (χ4v) is 4.11. The maximum atomic E-state index is 11.2. The van der Waals surface area contributed by atoms with Crippen LogP contribution in [0.5, 0.6) is 5.75 Å². The van der Waals surface area contributed by atoms with Crippen molar-refractivity contribution in [3.05, 3.63) is 119 Å². The largest absolute Gasteiger partial charge is 0.497 e. The smallest absolute Gasteiger partial charge is 0.346 e. The second kappa shape index (κ2) is 12.6. The highest BCUT2D eigenvalue weighted by molar-refractivity contribution is 5.97. The van der Waals surface area contributed by atoms with Gasteiger partial charge in [0, 0.05) is 17.1 Å². The fourth-order valence-electron chi connectivity index (χ4n) is 4.11. The number of carbonyl (C=O) groups is 2. The van der Waals surface area contributed by atoms with Crippen LogP contribution in [-0.4, -0.2) is 29.3 Å². The Labute approximate surface area is 236 Å². The van der Waals surface area contributed by atoms with Gasteiger partial charge in [-0.15, -0.1) is 0 Å². The predicted octanol–water partition coefficient (Wildman–Crippen LogP) is 6.82. The maximum absolute atomic E-state index is 11.2. The molecule has 0 radical (unpaired) electrons. The molecule has 2 N–H and O–H groups in total. The first-order valence-corrected chi connectivity index (χ1v) is 12.3. The topological polar surface area (TPSA) is 135 Å². The zero-order valence-corrected chi connectivity index (χ0v) is 21.9. The summed E-state index contributed by atoms with van der Waals surface area (Å²) < 4.78 is 5.34. The minimum Gasteiger partial charge on any atom is -0.497 e. The lowest BCUT2D eigenvalue weighted by molar-refractivity contribution is -0.133. The van der Waals surface area contributed by atoms with Crippen molar-refractivity contribution in [1.82, 2.24) is 0 Å². The molecule has 0 aliphatic carbocycles. The van der Waals surface area contributed by atoms with Gasteiger partial charge < -0.3 is 19.8 Å². The number of rotatable bonds is 9. The Bertz CT molecular complexity index is 1640. The van der Waals surface area contributed by atoms with Crippen LogP contribution in [0.15, 0.2) is 108 Å². The third-order valence-corrected chi connectivity index (χ3v) is 6.15. The van der Waals surface area contributed by atoms with Crippen LogP contribution in [0.3, 0.4) is 0 Å². The first-order chi connectivity index (χ1) is 19.8. The Hall–Kier alpha value is -6.12. The highest BCUT2D eigenvalue weighted by Crippen LogP contribution is 2.36. The molecule has 0 heterocycles. The van der Waals surface area contributed by atoms with E-state index in [9.17, 15) is 19.8 Å². The summed E-state index contributed by atoms with van der Waals surface area (Å²) in [6.45, 7) is 0. The van der Waals surface area contributed by atoms with Gasteiger partial charge in [0.15, 0.2) is 0 Å². The Morgan fingerprint density at radius 2 is 1.12 bits per heavy atom. The van der Waals surface area contributed by atoms with Crippen LogP contribution < -0.4 is 9.64 Å². The van der Waals surface area contributed by atoms with Gasteiger partial charge in [0.2, 0.25) is 0 Å². The second-order valence-electron chi connectivity index (χ2n) is 8.75. The fraction of sp³-hybridized carbons (Fsp3) is 0.0303. The highest BCUT2D eigenvalue weighted by atomic mass is 16.5. The summed E-state index contributed by atoms with van der Waals surface area (Å²) >= 11 is 0. The van der Waals surface area contributed by atoms with E-state index in [1.807, 2.05) is 77.7 Å². The molecule has 4 aromatic carbocycles. The lowest BCUT2D eigenvalue weighted by atomic mass is 10.0. The molecular weight excluding hydrogens is 518 g/mol. The summed E-state index contributed by atoms with van der Waals surface area (Å²) in [5.41, 5.74) is 4.70. The molecule has 0 aliphatic rings. The van der Waals surface area contributed by atoms with Gasteiger partial charge in [0.1, 0.15) is 29.0 Å². The molecule has 0 amide bonds. The van der Waals surface area contributed by atoms with Gasteiger partial charge in [0.25, 0.3) is 0 Å². The van der Waals surface area contributed by atoms with E-state index in [-0.39, 0.29) is 11.1 Å². The lowest BCUT2D eigenvalue weighted by Crippen LogP contribution is -2.10. The Kier molecular flexibility index (Phi) is 8.59. The van der Waals surface area contributed by atoms with E-state index in [1.165, 1.54) is 12.2 Å². The Morgan fingerprint density at radius 3 is 1.51 bits per heavy atom. The zero-order valence-electron chi connectivity index (χ0n) is 21.9. The minimum absolute atomic E-state index is 0.371. The number of anilines is 3. The summed E-state index contributed by atoms with van der Waals surface area (Å²) in [6.07, 6.45) is 2.60. The average molecular weight is 542 g/mol. The number of benzene rings is 4. The molecule has 0 saturated heterocycles. The molecule has 0 aromatic heterocycles. The van der Waals surface area contributed by atoms with Gasteiger partial charge in [-0.1, -0.05) is 48.5 Å². The molecule has 0 bridgehead atoms. The molecule has 0 spiro atoms. The Balaban J connectivity index is 1.75. The van der Waals surface area contributed by atoms with Gasteiger partial charge in [-0.3, -0.25) is 0 Å². The number of hydrogen-bond acceptors (Lipinski definition) is 6. The molecule has 8 nitrogen and oxygen atoms in total. The van der Waals surface area contributed by atoms with Crippen molar-refractivity contribution < 1.29 is 24.5 Å². The minimum atomic E-state index is -1.30. The SMILES string of the molecule is COc1cccc(-c2ccc(N(c3ccc(/C=C(/C#N)C(=O)O)cc3)c3ccc(/C=C(/C#N)C(=O)O)cc3)cc2)c1. The quantitative estimate of drug-likeness (QED) is 0.174. The summed E-state index contributed by atoms with van der Waals surface area (Å²) in [6, 6.07) is 33.1. The van der Waals surface area contributed by atoms with Gasteiger partial charge in [0.05, 0.1) is 7.11 Å². The van der Waals surface area contributed by atoms with E-state index < -0.39 is 11.9 Å². The summed E-state index contributed by atoms with van der Waals surface area (Å²) in [5, 5.41) is 36.5. The van der Waals surface area contributed by atoms with Crippen molar-refractivity contribution in [2.75, 3.05) is 12.0 Å². The van der Waals surface area contributed by atoms with Crippen molar-refractivity contribution in [2.24, 2.45) is 0 Å². The Morgan fingerprint density at radius 1 is 0.683 bits per heavy atom. The summed E-state index contributed by atoms with van der Waals surface area (Å²) in [4.78, 5) is 24.4. The van der Waals surface area contributed by atoms with E-state index in [0.717, 1.165) is 33.9 Å².